The minimum absolute atomic E-state index is 0.0633. The average Bonchev–Trinajstić information content (AvgIpc) is 2.88. The predicted octanol–water partition coefficient (Wildman–Crippen LogP) is 3.04. The van der Waals surface area contributed by atoms with Gasteiger partial charge in [-0.25, -0.2) is 9.49 Å². The van der Waals surface area contributed by atoms with Gasteiger partial charge in [-0.15, -0.1) is 0 Å². The third-order valence-electron chi connectivity index (χ3n) is 3.09. The number of hydrogen-bond acceptors (Lipinski definition) is 5. The van der Waals surface area contributed by atoms with Gasteiger partial charge in [-0.3, -0.25) is 0 Å². The molecule has 0 amide bonds. The summed E-state index contributed by atoms with van der Waals surface area (Å²) in [6.07, 6.45) is 1.34. The Bertz CT molecular complexity index is 949. The Hall–Kier alpha value is -3.00. The van der Waals surface area contributed by atoms with E-state index >= 15 is 0 Å². The van der Waals surface area contributed by atoms with Gasteiger partial charge < -0.3 is 10.2 Å². The van der Waals surface area contributed by atoms with Crippen molar-refractivity contribution in [1.29, 1.82) is 0 Å². The summed E-state index contributed by atoms with van der Waals surface area (Å²) in [7, 11) is 0. The minimum atomic E-state index is -0.453. The summed E-state index contributed by atoms with van der Waals surface area (Å²) in [4.78, 5) is 0. The number of aromatic amines is 1. The lowest BCUT2D eigenvalue weighted by molar-refractivity contribution is 0.450. The van der Waals surface area contributed by atoms with Crippen LogP contribution in [0.4, 0.5) is 4.39 Å². The number of nitrogens with one attached hydrogen (secondary N) is 1. The van der Waals surface area contributed by atoms with Crippen molar-refractivity contribution in [3.05, 3.63) is 58.6 Å². The van der Waals surface area contributed by atoms with Crippen molar-refractivity contribution < 1.29 is 14.6 Å². The molecule has 8 heteroatoms. The number of halogens is 1. The summed E-state index contributed by atoms with van der Waals surface area (Å²) in [6.45, 7) is 0. The normalized spacial score (nSPS) is 11.2. The number of phenols is 2. The van der Waals surface area contributed by atoms with Crippen molar-refractivity contribution in [3.8, 4) is 22.9 Å². The number of benzene rings is 2. The number of rotatable bonds is 3. The highest BCUT2D eigenvalue weighted by Gasteiger charge is 2.12. The number of phenolic OH excluding ortho intramolecular Hbond substituents is 2. The molecule has 0 saturated heterocycles. The van der Waals surface area contributed by atoms with E-state index in [2.05, 4.69) is 15.3 Å². The Morgan fingerprint density at radius 3 is 2.74 bits per heavy atom. The number of H-pyrrole nitrogens is 1. The molecule has 0 fully saturated rings. The predicted molar refractivity (Wildman–Crippen MR) is 85.6 cm³/mol. The van der Waals surface area contributed by atoms with E-state index in [-0.39, 0.29) is 27.7 Å². The fourth-order valence-corrected chi connectivity index (χ4v) is 2.16. The first-order valence-corrected chi connectivity index (χ1v) is 6.96. The fourth-order valence-electron chi connectivity index (χ4n) is 1.98. The molecule has 1 aromatic heterocycles. The van der Waals surface area contributed by atoms with Crippen LogP contribution in [0.25, 0.3) is 11.4 Å². The molecule has 0 spiro atoms. The van der Waals surface area contributed by atoms with Crippen LogP contribution in [0, 0.1) is 10.6 Å². The maximum atomic E-state index is 13.9. The molecule has 1 heterocycles. The van der Waals surface area contributed by atoms with Crippen molar-refractivity contribution in [2.24, 2.45) is 5.10 Å². The standard InChI is InChI=1S/C15H11FN4O2S/c16-12-4-2-1-3-11(12)14-18-19-15(23)20(14)17-8-9-5-6-10(21)7-13(9)22/h1-8,21-22H,(H,19,23)/b17-8-. The molecule has 3 N–H and O–H groups in total. The van der Waals surface area contributed by atoms with Crippen molar-refractivity contribution in [2.75, 3.05) is 0 Å². The largest absolute Gasteiger partial charge is 0.508 e. The van der Waals surface area contributed by atoms with Gasteiger partial charge in [-0.2, -0.15) is 14.9 Å². The van der Waals surface area contributed by atoms with Crippen LogP contribution in [-0.4, -0.2) is 31.3 Å². The van der Waals surface area contributed by atoms with E-state index in [0.29, 0.717) is 5.56 Å². The fraction of sp³-hybridized carbons (Fsp3) is 0. The highest BCUT2D eigenvalue weighted by molar-refractivity contribution is 7.71. The van der Waals surface area contributed by atoms with Crippen LogP contribution in [-0.2, 0) is 0 Å². The summed E-state index contributed by atoms with van der Waals surface area (Å²) in [5, 5.41) is 29.7. The van der Waals surface area contributed by atoms with Crippen molar-refractivity contribution >= 4 is 18.4 Å². The molecule has 0 unspecified atom stereocenters. The average molecular weight is 330 g/mol. The van der Waals surface area contributed by atoms with Crippen LogP contribution < -0.4 is 0 Å². The molecule has 0 aliphatic rings. The molecular weight excluding hydrogens is 319 g/mol. The van der Waals surface area contributed by atoms with Gasteiger partial charge >= 0.3 is 0 Å². The second kappa shape index (κ2) is 6.01. The maximum absolute atomic E-state index is 13.9. The molecule has 3 aromatic rings. The molecule has 6 nitrogen and oxygen atoms in total. The summed E-state index contributed by atoms with van der Waals surface area (Å²) >= 11 is 5.09. The minimum Gasteiger partial charge on any atom is -0.508 e. The van der Waals surface area contributed by atoms with Gasteiger partial charge in [0.2, 0.25) is 4.77 Å². The van der Waals surface area contributed by atoms with Crippen LogP contribution in [0.3, 0.4) is 0 Å². The molecule has 0 saturated carbocycles. The van der Waals surface area contributed by atoms with E-state index in [4.69, 9.17) is 12.2 Å². The van der Waals surface area contributed by atoms with Gasteiger partial charge in [0.25, 0.3) is 0 Å². The SMILES string of the molecule is Oc1ccc(/C=N\n2c(-c3ccccc3F)n[nH]c2=S)c(O)c1. The van der Waals surface area contributed by atoms with E-state index in [9.17, 15) is 14.6 Å². The third kappa shape index (κ3) is 2.97. The zero-order chi connectivity index (χ0) is 16.4. The van der Waals surface area contributed by atoms with Crippen LogP contribution in [0.5, 0.6) is 11.5 Å². The monoisotopic (exact) mass is 330 g/mol. The molecule has 116 valence electrons. The quantitative estimate of drug-likeness (QED) is 0.509. The molecule has 0 bridgehead atoms. The van der Waals surface area contributed by atoms with Crippen LogP contribution in [0.2, 0.25) is 0 Å². The molecule has 23 heavy (non-hydrogen) atoms. The van der Waals surface area contributed by atoms with Gasteiger partial charge in [0.1, 0.15) is 17.3 Å². The van der Waals surface area contributed by atoms with E-state index in [1.54, 1.807) is 18.2 Å². The summed E-state index contributed by atoms with van der Waals surface area (Å²) in [5.41, 5.74) is 0.609. The lowest BCUT2D eigenvalue weighted by atomic mass is 10.2. The van der Waals surface area contributed by atoms with Crippen molar-refractivity contribution in [2.45, 2.75) is 0 Å². The highest BCUT2D eigenvalue weighted by Crippen LogP contribution is 2.22. The Kier molecular flexibility index (Phi) is 3.90. The van der Waals surface area contributed by atoms with Crippen molar-refractivity contribution in [1.82, 2.24) is 14.9 Å². The van der Waals surface area contributed by atoms with Crippen LogP contribution in [0.1, 0.15) is 5.56 Å². The molecule has 0 aliphatic heterocycles. The molecule has 0 atom stereocenters. The number of aromatic nitrogens is 3. The zero-order valence-electron chi connectivity index (χ0n) is 11.6. The van der Waals surface area contributed by atoms with Crippen molar-refractivity contribution in [3.63, 3.8) is 0 Å². The van der Waals surface area contributed by atoms with E-state index in [1.807, 2.05) is 0 Å². The maximum Gasteiger partial charge on any atom is 0.216 e. The van der Waals surface area contributed by atoms with Gasteiger partial charge in [0, 0.05) is 11.6 Å². The molecular formula is C15H11FN4O2S. The smallest absolute Gasteiger partial charge is 0.216 e. The first kappa shape index (κ1) is 14.9. The third-order valence-corrected chi connectivity index (χ3v) is 3.36. The summed E-state index contributed by atoms with van der Waals surface area (Å²) in [5.74, 6) is -0.448. The van der Waals surface area contributed by atoms with Crippen LogP contribution >= 0.6 is 12.2 Å². The summed E-state index contributed by atoms with van der Waals surface area (Å²) < 4.78 is 15.3. The van der Waals surface area contributed by atoms with E-state index in [1.165, 1.54) is 35.2 Å². The Labute approximate surface area is 135 Å². The van der Waals surface area contributed by atoms with E-state index in [0.717, 1.165) is 0 Å². The van der Waals surface area contributed by atoms with Gasteiger partial charge in [-0.05, 0) is 36.5 Å². The molecule has 0 aliphatic carbocycles. The molecule has 0 radical (unpaired) electrons. The number of hydrogen-bond donors (Lipinski definition) is 3. The Morgan fingerprint density at radius 1 is 1.22 bits per heavy atom. The van der Waals surface area contributed by atoms with E-state index < -0.39 is 5.82 Å². The topological polar surface area (TPSA) is 86.4 Å². The lowest BCUT2D eigenvalue weighted by Gasteiger charge is -2.03. The molecule has 2 aromatic carbocycles. The van der Waals surface area contributed by atoms with Gasteiger partial charge in [0.15, 0.2) is 5.82 Å². The van der Waals surface area contributed by atoms with Gasteiger partial charge in [-0.1, -0.05) is 12.1 Å². The lowest BCUT2D eigenvalue weighted by Crippen LogP contribution is -1.97. The van der Waals surface area contributed by atoms with Crippen LogP contribution in [0.15, 0.2) is 47.6 Å². The summed E-state index contributed by atoms with van der Waals surface area (Å²) in [6, 6.07) is 10.2. The number of aromatic hydroxyl groups is 2. The van der Waals surface area contributed by atoms with Gasteiger partial charge in [0.05, 0.1) is 11.8 Å². The highest BCUT2D eigenvalue weighted by atomic mass is 32.1. The first-order chi connectivity index (χ1) is 11.1. The first-order valence-electron chi connectivity index (χ1n) is 6.55. The molecule has 3 rings (SSSR count). The second-order valence-electron chi connectivity index (χ2n) is 4.63. The zero-order valence-corrected chi connectivity index (χ0v) is 12.5. The second-order valence-corrected chi connectivity index (χ2v) is 5.02. The number of nitrogens with zero attached hydrogens (tertiary/aromatic N) is 3. The Balaban J connectivity index is 2.04. The Morgan fingerprint density at radius 2 is 2.00 bits per heavy atom.